The number of hydrogen-bond donors (Lipinski definition) is 2. The van der Waals surface area contributed by atoms with Crippen LogP contribution < -0.4 is 4.72 Å². The summed E-state index contributed by atoms with van der Waals surface area (Å²) in [7, 11) is -2.24. The summed E-state index contributed by atoms with van der Waals surface area (Å²) < 4.78 is 28.9. The van der Waals surface area contributed by atoms with E-state index < -0.39 is 10.0 Å². The minimum Gasteiger partial charge on any atom is -0.360 e. The molecular weight excluding hydrogens is 302 g/mol. The Morgan fingerprint density at radius 3 is 2.91 bits per heavy atom. The van der Waals surface area contributed by atoms with Gasteiger partial charge in [0, 0.05) is 24.1 Å². The van der Waals surface area contributed by atoms with E-state index >= 15 is 0 Å². The molecule has 0 unspecified atom stereocenters. The zero-order valence-corrected chi connectivity index (χ0v) is 12.8. The fourth-order valence-corrected chi connectivity index (χ4v) is 3.51. The van der Waals surface area contributed by atoms with E-state index in [-0.39, 0.29) is 16.3 Å². The zero-order valence-electron chi connectivity index (χ0n) is 12.0. The number of nitriles is 1. The SMILES string of the molecule is Cc1ccc2c(S(=O)(=O)Nc3cnn(C)c3C#N)c[nH]c2c1. The van der Waals surface area contributed by atoms with E-state index in [2.05, 4.69) is 14.8 Å². The Labute approximate surface area is 127 Å². The molecule has 0 aliphatic heterocycles. The van der Waals surface area contributed by atoms with E-state index in [1.807, 2.05) is 25.1 Å². The topological polar surface area (TPSA) is 104 Å². The number of aromatic amines is 1. The van der Waals surface area contributed by atoms with Gasteiger partial charge in [0.15, 0.2) is 5.69 Å². The molecule has 0 radical (unpaired) electrons. The van der Waals surface area contributed by atoms with Crippen LogP contribution in [0.3, 0.4) is 0 Å². The Morgan fingerprint density at radius 2 is 2.18 bits per heavy atom. The number of anilines is 1. The summed E-state index contributed by atoms with van der Waals surface area (Å²) in [5.41, 5.74) is 2.09. The van der Waals surface area contributed by atoms with Crippen LogP contribution in [0, 0.1) is 18.3 Å². The van der Waals surface area contributed by atoms with Crippen LogP contribution in [0.4, 0.5) is 5.69 Å². The number of rotatable bonds is 3. The smallest absolute Gasteiger partial charge is 0.264 e. The molecule has 7 nitrogen and oxygen atoms in total. The number of fused-ring (bicyclic) bond motifs is 1. The first-order valence-corrected chi connectivity index (χ1v) is 7.93. The van der Waals surface area contributed by atoms with Gasteiger partial charge in [0.2, 0.25) is 0 Å². The summed E-state index contributed by atoms with van der Waals surface area (Å²) >= 11 is 0. The van der Waals surface area contributed by atoms with Gasteiger partial charge in [0.1, 0.15) is 16.7 Å². The minimum absolute atomic E-state index is 0.134. The van der Waals surface area contributed by atoms with Crippen LogP contribution in [0.5, 0.6) is 0 Å². The zero-order chi connectivity index (χ0) is 15.9. The quantitative estimate of drug-likeness (QED) is 0.770. The summed E-state index contributed by atoms with van der Waals surface area (Å²) in [6.07, 6.45) is 2.75. The van der Waals surface area contributed by atoms with Crippen LogP contribution in [0.15, 0.2) is 35.5 Å². The van der Waals surface area contributed by atoms with Gasteiger partial charge in [-0.15, -0.1) is 0 Å². The molecule has 2 aromatic heterocycles. The number of aromatic nitrogens is 3. The lowest BCUT2D eigenvalue weighted by atomic mass is 10.2. The van der Waals surface area contributed by atoms with E-state index in [0.717, 1.165) is 11.1 Å². The van der Waals surface area contributed by atoms with Crippen molar-refractivity contribution in [2.24, 2.45) is 7.05 Å². The van der Waals surface area contributed by atoms with Crippen LogP contribution in [-0.2, 0) is 17.1 Å². The Bertz CT molecular complexity index is 1010. The number of nitrogens with zero attached hydrogens (tertiary/aromatic N) is 3. The third-order valence-electron chi connectivity index (χ3n) is 3.38. The summed E-state index contributed by atoms with van der Waals surface area (Å²) in [5.74, 6) is 0. The van der Waals surface area contributed by atoms with Crippen LogP contribution in [0.25, 0.3) is 10.9 Å². The molecule has 0 saturated carbocycles. The molecule has 0 bridgehead atoms. The summed E-state index contributed by atoms with van der Waals surface area (Å²) in [5, 5.41) is 13.5. The van der Waals surface area contributed by atoms with Crippen molar-refractivity contribution in [2.45, 2.75) is 11.8 Å². The molecule has 0 aliphatic rings. The molecule has 0 amide bonds. The number of nitrogens with one attached hydrogen (secondary N) is 2. The molecule has 0 aliphatic carbocycles. The van der Waals surface area contributed by atoms with Crippen molar-refractivity contribution in [1.82, 2.24) is 14.8 Å². The van der Waals surface area contributed by atoms with Gasteiger partial charge >= 0.3 is 0 Å². The fraction of sp³-hybridized carbons (Fsp3) is 0.143. The molecule has 3 rings (SSSR count). The van der Waals surface area contributed by atoms with Crippen molar-refractivity contribution < 1.29 is 8.42 Å². The van der Waals surface area contributed by atoms with Gasteiger partial charge in [0.05, 0.1) is 6.20 Å². The maximum Gasteiger partial charge on any atom is 0.264 e. The van der Waals surface area contributed by atoms with Crippen molar-refractivity contribution in [1.29, 1.82) is 5.26 Å². The van der Waals surface area contributed by atoms with Crippen molar-refractivity contribution in [3.8, 4) is 6.07 Å². The van der Waals surface area contributed by atoms with Crippen LogP contribution in [0.2, 0.25) is 0 Å². The molecule has 0 saturated heterocycles. The normalized spacial score (nSPS) is 11.5. The Kier molecular flexibility index (Phi) is 3.15. The average molecular weight is 315 g/mol. The Morgan fingerprint density at radius 1 is 1.41 bits per heavy atom. The maximum absolute atomic E-state index is 12.6. The maximum atomic E-state index is 12.6. The predicted molar refractivity (Wildman–Crippen MR) is 81.8 cm³/mol. The van der Waals surface area contributed by atoms with E-state index in [0.29, 0.717) is 5.39 Å². The monoisotopic (exact) mass is 315 g/mol. The lowest BCUT2D eigenvalue weighted by Crippen LogP contribution is -2.13. The second kappa shape index (κ2) is 4.89. The van der Waals surface area contributed by atoms with Crippen molar-refractivity contribution in [3.63, 3.8) is 0 Å². The fourth-order valence-electron chi connectivity index (χ4n) is 2.28. The summed E-state index contributed by atoms with van der Waals surface area (Å²) in [6, 6.07) is 7.40. The Balaban J connectivity index is 2.07. The largest absolute Gasteiger partial charge is 0.360 e. The highest BCUT2D eigenvalue weighted by Gasteiger charge is 2.21. The van der Waals surface area contributed by atoms with Gasteiger partial charge in [0.25, 0.3) is 10.0 Å². The highest BCUT2D eigenvalue weighted by molar-refractivity contribution is 7.93. The van der Waals surface area contributed by atoms with Crippen LogP contribution in [0.1, 0.15) is 11.3 Å². The average Bonchev–Trinajstić information content (AvgIpc) is 3.02. The van der Waals surface area contributed by atoms with Gasteiger partial charge in [-0.2, -0.15) is 10.4 Å². The van der Waals surface area contributed by atoms with E-state index in [1.54, 1.807) is 13.1 Å². The molecular formula is C14H13N5O2S. The summed E-state index contributed by atoms with van der Waals surface area (Å²) in [6.45, 7) is 1.93. The highest BCUT2D eigenvalue weighted by Crippen LogP contribution is 2.26. The predicted octanol–water partition coefficient (Wildman–Crippen LogP) is 1.88. The van der Waals surface area contributed by atoms with Gasteiger partial charge in [-0.3, -0.25) is 9.40 Å². The molecule has 22 heavy (non-hydrogen) atoms. The summed E-state index contributed by atoms with van der Waals surface area (Å²) in [4.78, 5) is 3.08. The first-order chi connectivity index (χ1) is 10.4. The van der Waals surface area contributed by atoms with Gasteiger partial charge < -0.3 is 4.98 Å². The standard InChI is InChI=1S/C14H13N5O2S/c1-9-3-4-10-11(5-9)16-8-14(10)22(20,21)18-12-7-17-19(2)13(12)6-15/h3-5,7-8,16,18H,1-2H3. The molecule has 0 fully saturated rings. The second-order valence-electron chi connectivity index (χ2n) is 4.95. The molecule has 112 valence electrons. The third-order valence-corrected chi connectivity index (χ3v) is 4.78. The lowest BCUT2D eigenvalue weighted by Gasteiger charge is -2.05. The molecule has 3 aromatic rings. The van der Waals surface area contributed by atoms with E-state index in [9.17, 15) is 8.42 Å². The van der Waals surface area contributed by atoms with E-state index in [4.69, 9.17) is 5.26 Å². The molecule has 8 heteroatoms. The van der Waals surface area contributed by atoms with Crippen molar-refractivity contribution in [3.05, 3.63) is 41.9 Å². The first kappa shape index (κ1) is 14.2. The number of hydrogen-bond acceptors (Lipinski definition) is 4. The lowest BCUT2D eigenvalue weighted by molar-refractivity contribution is 0.602. The molecule has 0 spiro atoms. The highest BCUT2D eigenvalue weighted by atomic mass is 32.2. The van der Waals surface area contributed by atoms with Crippen LogP contribution >= 0.6 is 0 Å². The number of benzene rings is 1. The van der Waals surface area contributed by atoms with Crippen LogP contribution in [-0.4, -0.2) is 23.2 Å². The van der Waals surface area contributed by atoms with E-state index in [1.165, 1.54) is 17.1 Å². The first-order valence-electron chi connectivity index (χ1n) is 6.45. The number of aryl methyl sites for hydroxylation is 2. The van der Waals surface area contributed by atoms with Crippen molar-refractivity contribution >= 4 is 26.6 Å². The number of H-pyrrole nitrogens is 1. The molecule has 2 heterocycles. The van der Waals surface area contributed by atoms with Gasteiger partial charge in [-0.25, -0.2) is 8.42 Å². The Hall–Kier alpha value is -2.79. The molecule has 0 atom stereocenters. The number of sulfonamides is 1. The molecule has 2 N–H and O–H groups in total. The minimum atomic E-state index is -3.81. The van der Waals surface area contributed by atoms with Crippen molar-refractivity contribution in [2.75, 3.05) is 4.72 Å². The van der Waals surface area contributed by atoms with Gasteiger partial charge in [-0.1, -0.05) is 12.1 Å². The third kappa shape index (κ3) is 2.21. The molecule has 1 aromatic carbocycles. The second-order valence-corrected chi connectivity index (χ2v) is 6.60. The van der Waals surface area contributed by atoms with Gasteiger partial charge in [-0.05, 0) is 18.6 Å².